The van der Waals surface area contributed by atoms with E-state index in [0.717, 1.165) is 42.7 Å². The van der Waals surface area contributed by atoms with E-state index < -0.39 is 0 Å². The molecule has 1 amide bonds. The minimum Gasteiger partial charge on any atom is -0.381 e. The molecule has 4 rings (SSSR count). The van der Waals surface area contributed by atoms with Crippen molar-refractivity contribution < 1.29 is 9.53 Å². The summed E-state index contributed by atoms with van der Waals surface area (Å²) in [5.41, 5.74) is 4.07. The molecule has 1 aliphatic heterocycles. The maximum absolute atomic E-state index is 12.3. The molecule has 1 aromatic heterocycles. The van der Waals surface area contributed by atoms with Crippen LogP contribution in [0.5, 0.6) is 0 Å². The third-order valence-electron chi connectivity index (χ3n) is 4.90. The average molecular weight is 334 g/mol. The van der Waals surface area contributed by atoms with Gasteiger partial charge in [0.1, 0.15) is 0 Å². The molecule has 0 unspecified atom stereocenters. The lowest BCUT2D eigenvalue weighted by Gasteiger charge is -2.09. The maximum Gasteiger partial charge on any atom is 0.251 e. The number of amides is 1. The molecule has 1 aliphatic rings. The fraction of sp³-hybridized carbons (Fsp3) is 0.286. The van der Waals surface area contributed by atoms with Crippen LogP contribution in [-0.4, -0.2) is 30.6 Å². The summed E-state index contributed by atoms with van der Waals surface area (Å²) in [5.74, 6) is 0.580. The van der Waals surface area contributed by atoms with Crippen LogP contribution in [0, 0.1) is 5.92 Å². The van der Waals surface area contributed by atoms with Crippen molar-refractivity contribution in [1.29, 1.82) is 0 Å². The highest BCUT2D eigenvalue weighted by atomic mass is 16.5. The number of aromatic nitrogens is 1. The molecule has 0 bridgehead atoms. The molecular weight excluding hydrogens is 312 g/mol. The van der Waals surface area contributed by atoms with Gasteiger partial charge in [-0.3, -0.25) is 4.79 Å². The first-order chi connectivity index (χ1) is 12.3. The van der Waals surface area contributed by atoms with Gasteiger partial charge in [-0.15, -0.1) is 0 Å². The fourth-order valence-electron chi connectivity index (χ4n) is 3.34. The first-order valence-electron chi connectivity index (χ1n) is 8.83. The van der Waals surface area contributed by atoms with Gasteiger partial charge in [0, 0.05) is 37.0 Å². The van der Waals surface area contributed by atoms with Gasteiger partial charge >= 0.3 is 0 Å². The molecule has 1 saturated heterocycles. The summed E-state index contributed by atoms with van der Waals surface area (Å²) in [6.45, 7) is 2.39. The molecule has 0 saturated carbocycles. The summed E-state index contributed by atoms with van der Waals surface area (Å²) in [4.78, 5) is 15.5. The Morgan fingerprint density at radius 1 is 1.12 bits per heavy atom. The molecule has 1 atom stereocenters. The molecule has 2 N–H and O–H groups in total. The number of carbonyl (C=O) groups excluding carboxylic acids is 1. The van der Waals surface area contributed by atoms with Crippen LogP contribution in [0.15, 0.2) is 54.7 Å². The van der Waals surface area contributed by atoms with Crippen LogP contribution in [-0.2, 0) is 4.74 Å². The number of nitrogens with one attached hydrogen (secondary N) is 2. The molecule has 0 radical (unpaired) electrons. The summed E-state index contributed by atoms with van der Waals surface area (Å²) in [5, 5.41) is 4.21. The second-order valence-corrected chi connectivity index (χ2v) is 6.63. The smallest absolute Gasteiger partial charge is 0.251 e. The molecular formula is C21H22N2O2. The van der Waals surface area contributed by atoms with Gasteiger partial charge in [-0.05, 0) is 59.5 Å². The largest absolute Gasteiger partial charge is 0.381 e. The number of H-pyrrole nitrogens is 1. The van der Waals surface area contributed by atoms with E-state index in [0.29, 0.717) is 18.0 Å². The minimum atomic E-state index is -0.00900. The zero-order valence-corrected chi connectivity index (χ0v) is 14.1. The first-order valence-corrected chi connectivity index (χ1v) is 8.83. The lowest BCUT2D eigenvalue weighted by atomic mass is 10.0. The predicted octanol–water partition coefficient (Wildman–Crippen LogP) is 3.99. The van der Waals surface area contributed by atoms with E-state index >= 15 is 0 Å². The van der Waals surface area contributed by atoms with E-state index in [-0.39, 0.29) is 5.91 Å². The van der Waals surface area contributed by atoms with Crippen LogP contribution in [0.4, 0.5) is 0 Å². The minimum absolute atomic E-state index is 0.00900. The number of carbonyl (C=O) groups is 1. The van der Waals surface area contributed by atoms with Gasteiger partial charge in [0.15, 0.2) is 0 Å². The second-order valence-electron chi connectivity index (χ2n) is 6.63. The van der Waals surface area contributed by atoms with Gasteiger partial charge < -0.3 is 15.0 Å². The average Bonchev–Trinajstić information content (AvgIpc) is 3.32. The quantitative estimate of drug-likeness (QED) is 0.741. The molecule has 1 fully saturated rings. The molecule has 0 spiro atoms. The number of fused-ring (bicyclic) bond motifs is 1. The zero-order chi connectivity index (χ0) is 17.1. The molecule has 0 aliphatic carbocycles. The number of benzene rings is 2. The molecule has 128 valence electrons. The van der Waals surface area contributed by atoms with Crippen LogP contribution in [0.25, 0.3) is 22.0 Å². The zero-order valence-electron chi connectivity index (χ0n) is 14.1. The standard InChI is InChI=1S/C21H22N2O2/c24-21(23-10-7-15-9-12-25-14-15)18-4-1-16(2-5-18)19-6-3-17-8-11-22-20(17)13-19/h1-6,8,11,13,15,22H,7,9-10,12,14H2,(H,23,24)/t15-/m0/s1. The third kappa shape index (κ3) is 3.59. The van der Waals surface area contributed by atoms with Crippen molar-refractivity contribution in [2.45, 2.75) is 12.8 Å². The first kappa shape index (κ1) is 15.9. The fourth-order valence-corrected chi connectivity index (χ4v) is 3.34. The highest BCUT2D eigenvalue weighted by Crippen LogP contribution is 2.24. The highest BCUT2D eigenvalue weighted by Gasteiger charge is 2.15. The van der Waals surface area contributed by atoms with Crippen molar-refractivity contribution in [1.82, 2.24) is 10.3 Å². The molecule has 4 heteroatoms. The Hall–Kier alpha value is -2.59. The topological polar surface area (TPSA) is 54.1 Å². The summed E-state index contributed by atoms with van der Waals surface area (Å²) in [6.07, 6.45) is 4.04. The molecule has 2 heterocycles. The van der Waals surface area contributed by atoms with Crippen LogP contribution in [0.2, 0.25) is 0 Å². The number of aromatic amines is 1. The van der Waals surface area contributed by atoms with Crippen molar-refractivity contribution in [2.75, 3.05) is 19.8 Å². The van der Waals surface area contributed by atoms with E-state index in [9.17, 15) is 4.79 Å². The van der Waals surface area contributed by atoms with Crippen molar-refractivity contribution >= 4 is 16.8 Å². The molecule has 25 heavy (non-hydrogen) atoms. The van der Waals surface area contributed by atoms with Gasteiger partial charge in [0.2, 0.25) is 0 Å². The van der Waals surface area contributed by atoms with Crippen LogP contribution in [0.3, 0.4) is 0 Å². The Labute approximate surface area is 147 Å². The van der Waals surface area contributed by atoms with Crippen molar-refractivity contribution in [3.63, 3.8) is 0 Å². The van der Waals surface area contributed by atoms with Crippen molar-refractivity contribution in [3.05, 3.63) is 60.3 Å². The van der Waals surface area contributed by atoms with Crippen LogP contribution in [0.1, 0.15) is 23.2 Å². The number of hydrogen-bond donors (Lipinski definition) is 2. The van der Waals surface area contributed by atoms with E-state index in [1.807, 2.05) is 30.5 Å². The highest BCUT2D eigenvalue weighted by molar-refractivity contribution is 5.94. The summed E-state index contributed by atoms with van der Waals surface area (Å²) in [6, 6.07) is 16.2. The Kier molecular flexibility index (Phi) is 4.53. The summed E-state index contributed by atoms with van der Waals surface area (Å²) < 4.78 is 5.36. The van der Waals surface area contributed by atoms with Gasteiger partial charge in [-0.1, -0.05) is 24.3 Å². The van der Waals surface area contributed by atoms with Gasteiger partial charge in [-0.2, -0.15) is 0 Å². The maximum atomic E-state index is 12.3. The Morgan fingerprint density at radius 2 is 1.96 bits per heavy atom. The van der Waals surface area contributed by atoms with E-state index in [2.05, 4.69) is 34.6 Å². The predicted molar refractivity (Wildman–Crippen MR) is 99.6 cm³/mol. The van der Waals surface area contributed by atoms with Gasteiger partial charge in [0.25, 0.3) is 5.91 Å². The third-order valence-corrected chi connectivity index (χ3v) is 4.90. The van der Waals surface area contributed by atoms with Crippen molar-refractivity contribution in [3.8, 4) is 11.1 Å². The normalized spacial score (nSPS) is 17.0. The van der Waals surface area contributed by atoms with Crippen molar-refractivity contribution in [2.24, 2.45) is 5.92 Å². The Balaban J connectivity index is 1.39. The van der Waals surface area contributed by atoms with E-state index in [4.69, 9.17) is 4.74 Å². The second kappa shape index (κ2) is 7.11. The lowest BCUT2D eigenvalue weighted by molar-refractivity contribution is 0.0950. The summed E-state index contributed by atoms with van der Waals surface area (Å²) >= 11 is 0. The van der Waals surface area contributed by atoms with Gasteiger partial charge in [0.05, 0.1) is 0 Å². The molecule has 3 aromatic rings. The number of ether oxygens (including phenoxy) is 1. The molecule has 2 aromatic carbocycles. The summed E-state index contributed by atoms with van der Waals surface area (Å²) in [7, 11) is 0. The Morgan fingerprint density at radius 3 is 2.76 bits per heavy atom. The van der Waals surface area contributed by atoms with E-state index in [1.165, 1.54) is 5.39 Å². The molecule has 4 nitrogen and oxygen atoms in total. The number of hydrogen-bond acceptors (Lipinski definition) is 2. The van der Waals surface area contributed by atoms with Crippen LogP contribution >= 0.6 is 0 Å². The SMILES string of the molecule is O=C(NCC[C@H]1CCOC1)c1ccc(-c2ccc3cc[nH]c3c2)cc1. The Bertz CT molecular complexity index is 861. The monoisotopic (exact) mass is 334 g/mol. The van der Waals surface area contributed by atoms with E-state index in [1.54, 1.807) is 0 Å². The van der Waals surface area contributed by atoms with Gasteiger partial charge in [-0.25, -0.2) is 0 Å². The van der Waals surface area contributed by atoms with Crippen LogP contribution < -0.4 is 5.32 Å². The number of rotatable bonds is 5. The lowest BCUT2D eigenvalue weighted by Crippen LogP contribution is -2.26.